The number of amides is 1. The molecular formula is C18H26ClN3O. The summed E-state index contributed by atoms with van der Waals surface area (Å²) in [6, 6.07) is 9.86. The highest BCUT2D eigenvalue weighted by atomic mass is 35.5. The second-order valence-electron chi connectivity index (χ2n) is 4.60. The molecule has 2 aromatic rings. The van der Waals surface area contributed by atoms with Crippen LogP contribution in [0.15, 0.2) is 30.3 Å². The van der Waals surface area contributed by atoms with Crippen molar-refractivity contribution in [1.29, 1.82) is 0 Å². The summed E-state index contributed by atoms with van der Waals surface area (Å²) in [5.74, 6) is 1.02. The minimum absolute atomic E-state index is 0.169. The molecule has 1 aromatic heterocycles. The number of pyridine rings is 1. The first-order valence-electron chi connectivity index (χ1n) is 8.27. The Balaban J connectivity index is 0.000000615. The lowest BCUT2D eigenvalue weighted by Gasteiger charge is -2.43. The van der Waals surface area contributed by atoms with E-state index in [1.54, 1.807) is 4.90 Å². The molecule has 126 valence electrons. The lowest BCUT2D eigenvalue weighted by atomic mass is 10.1. The Hall–Kier alpha value is -1.81. The van der Waals surface area contributed by atoms with Crippen LogP contribution in [0.3, 0.4) is 0 Å². The third kappa shape index (κ3) is 4.35. The summed E-state index contributed by atoms with van der Waals surface area (Å²) in [6.07, 6.45) is 0.539. The Bertz CT molecular complexity index is 639. The predicted octanol–water partition coefficient (Wildman–Crippen LogP) is 4.91. The molecule has 1 aliphatic heterocycles. The largest absolute Gasteiger partial charge is 0.320 e. The normalized spacial score (nSPS) is 12.6. The predicted molar refractivity (Wildman–Crippen MR) is 98.8 cm³/mol. The van der Waals surface area contributed by atoms with E-state index in [1.165, 1.54) is 0 Å². The van der Waals surface area contributed by atoms with Crippen molar-refractivity contribution in [3.63, 3.8) is 0 Å². The molecule has 0 radical (unpaired) electrons. The van der Waals surface area contributed by atoms with Crippen LogP contribution in [0, 0.1) is 0 Å². The van der Waals surface area contributed by atoms with Gasteiger partial charge in [0.1, 0.15) is 11.0 Å². The average molecular weight is 336 g/mol. The summed E-state index contributed by atoms with van der Waals surface area (Å²) in [6.45, 7) is 11.0. The average Bonchev–Trinajstić information content (AvgIpc) is 2.56. The number of nitrogens with zero attached hydrogens (tertiary/aromatic N) is 3. The van der Waals surface area contributed by atoms with Crippen molar-refractivity contribution in [2.75, 3.05) is 18.2 Å². The van der Waals surface area contributed by atoms with Gasteiger partial charge in [0, 0.05) is 11.8 Å². The molecule has 1 aliphatic rings. The number of rotatable bonds is 2. The van der Waals surface area contributed by atoms with Gasteiger partial charge in [0.2, 0.25) is 5.91 Å². The van der Waals surface area contributed by atoms with E-state index in [2.05, 4.69) is 9.88 Å². The van der Waals surface area contributed by atoms with Gasteiger partial charge in [0.15, 0.2) is 0 Å². The van der Waals surface area contributed by atoms with E-state index in [0.29, 0.717) is 24.9 Å². The highest BCUT2D eigenvalue weighted by Gasteiger charge is 2.29. The molecule has 0 atom stereocenters. The van der Waals surface area contributed by atoms with Crippen LogP contribution >= 0.6 is 11.6 Å². The van der Waals surface area contributed by atoms with E-state index in [0.717, 1.165) is 16.6 Å². The maximum absolute atomic E-state index is 11.6. The van der Waals surface area contributed by atoms with Crippen molar-refractivity contribution in [2.24, 2.45) is 0 Å². The van der Waals surface area contributed by atoms with E-state index in [-0.39, 0.29) is 5.91 Å². The van der Waals surface area contributed by atoms with Crippen molar-refractivity contribution in [1.82, 2.24) is 9.88 Å². The third-order valence-electron chi connectivity index (χ3n) is 3.33. The SMILES string of the molecule is CC.CC.CCC(=O)N1CN(c2nc(Cl)cc3ccccc23)C1. The second kappa shape index (κ2) is 9.36. The number of aromatic nitrogens is 1. The van der Waals surface area contributed by atoms with Crippen molar-refractivity contribution in [3.8, 4) is 0 Å². The molecular weight excluding hydrogens is 310 g/mol. The Morgan fingerprint density at radius 2 is 1.78 bits per heavy atom. The molecule has 3 rings (SSSR count). The molecule has 23 heavy (non-hydrogen) atoms. The van der Waals surface area contributed by atoms with Crippen LogP contribution in [0.5, 0.6) is 0 Å². The van der Waals surface area contributed by atoms with E-state index in [4.69, 9.17) is 11.6 Å². The summed E-state index contributed by atoms with van der Waals surface area (Å²) < 4.78 is 0. The van der Waals surface area contributed by atoms with E-state index < -0.39 is 0 Å². The molecule has 0 N–H and O–H groups in total. The number of carbonyl (C=O) groups excluding carboxylic acids is 1. The van der Waals surface area contributed by atoms with Crippen molar-refractivity contribution in [3.05, 3.63) is 35.5 Å². The van der Waals surface area contributed by atoms with Gasteiger partial charge in [-0.1, -0.05) is 70.5 Å². The zero-order valence-corrected chi connectivity index (χ0v) is 15.4. The molecule has 4 nitrogen and oxygen atoms in total. The fraction of sp³-hybridized carbons (Fsp3) is 0.444. The highest BCUT2D eigenvalue weighted by Crippen LogP contribution is 2.30. The molecule has 5 heteroatoms. The van der Waals surface area contributed by atoms with E-state index in [1.807, 2.05) is 65.0 Å². The van der Waals surface area contributed by atoms with Gasteiger partial charge in [0.25, 0.3) is 0 Å². The quantitative estimate of drug-likeness (QED) is 0.731. The number of halogens is 1. The molecule has 2 heterocycles. The van der Waals surface area contributed by atoms with Gasteiger partial charge in [0.05, 0.1) is 13.3 Å². The van der Waals surface area contributed by atoms with Gasteiger partial charge < -0.3 is 9.80 Å². The minimum Gasteiger partial charge on any atom is -0.320 e. The molecule has 0 spiro atoms. The smallest absolute Gasteiger partial charge is 0.225 e. The number of anilines is 1. The number of fused-ring (bicyclic) bond motifs is 1. The maximum atomic E-state index is 11.6. The molecule has 0 aliphatic carbocycles. The van der Waals surface area contributed by atoms with Gasteiger partial charge in [-0.25, -0.2) is 4.98 Å². The van der Waals surface area contributed by atoms with Gasteiger partial charge in [-0.2, -0.15) is 0 Å². The fourth-order valence-electron chi connectivity index (χ4n) is 2.28. The first-order valence-corrected chi connectivity index (χ1v) is 8.65. The number of carbonyl (C=O) groups is 1. The first-order chi connectivity index (χ1) is 11.2. The standard InChI is InChI=1S/C14H14ClN3O.2C2H6/c1-2-13(19)17-8-18(9-17)14-11-6-4-3-5-10(11)7-12(15)16-14;2*1-2/h3-7H,2,8-9H2,1H3;2*1-2H3. The second-order valence-corrected chi connectivity index (χ2v) is 4.99. The zero-order chi connectivity index (χ0) is 17.4. The molecule has 0 bridgehead atoms. The zero-order valence-electron chi connectivity index (χ0n) is 14.6. The van der Waals surface area contributed by atoms with Crippen LogP contribution in [-0.4, -0.2) is 29.1 Å². The first kappa shape index (κ1) is 19.2. The third-order valence-corrected chi connectivity index (χ3v) is 3.52. The monoisotopic (exact) mass is 335 g/mol. The minimum atomic E-state index is 0.169. The molecule has 1 amide bonds. The number of hydrogen-bond acceptors (Lipinski definition) is 3. The maximum Gasteiger partial charge on any atom is 0.225 e. The summed E-state index contributed by atoms with van der Waals surface area (Å²) in [4.78, 5) is 19.8. The Morgan fingerprint density at radius 1 is 1.17 bits per heavy atom. The molecule has 1 aromatic carbocycles. The lowest BCUT2D eigenvalue weighted by molar-refractivity contribution is -0.134. The fourth-order valence-corrected chi connectivity index (χ4v) is 2.47. The van der Waals surface area contributed by atoms with Crippen molar-refractivity contribution in [2.45, 2.75) is 41.0 Å². The number of benzene rings is 1. The molecule has 1 fully saturated rings. The van der Waals surface area contributed by atoms with Crippen LogP contribution in [0.4, 0.5) is 5.82 Å². The summed E-state index contributed by atoms with van der Waals surface area (Å²) in [5.41, 5.74) is 0. The van der Waals surface area contributed by atoms with Crippen LogP contribution in [0.2, 0.25) is 5.15 Å². The van der Waals surface area contributed by atoms with Crippen LogP contribution in [0.1, 0.15) is 41.0 Å². The lowest BCUT2D eigenvalue weighted by Crippen LogP contribution is -2.58. The van der Waals surface area contributed by atoms with Gasteiger partial charge in [-0.15, -0.1) is 0 Å². The number of hydrogen-bond donors (Lipinski definition) is 0. The van der Waals surface area contributed by atoms with Gasteiger partial charge in [-0.3, -0.25) is 4.79 Å². The van der Waals surface area contributed by atoms with Crippen molar-refractivity contribution < 1.29 is 4.79 Å². The summed E-state index contributed by atoms with van der Waals surface area (Å²) in [7, 11) is 0. The topological polar surface area (TPSA) is 36.4 Å². The van der Waals surface area contributed by atoms with Crippen LogP contribution in [-0.2, 0) is 4.79 Å². The van der Waals surface area contributed by atoms with Crippen LogP contribution in [0.25, 0.3) is 10.8 Å². The van der Waals surface area contributed by atoms with E-state index in [9.17, 15) is 4.79 Å². The Morgan fingerprint density at radius 3 is 2.39 bits per heavy atom. The Kier molecular flexibility index (Phi) is 7.83. The molecule has 0 unspecified atom stereocenters. The van der Waals surface area contributed by atoms with Gasteiger partial charge >= 0.3 is 0 Å². The summed E-state index contributed by atoms with van der Waals surface area (Å²) in [5, 5.41) is 2.61. The highest BCUT2D eigenvalue weighted by molar-refractivity contribution is 6.30. The van der Waals surface area contributed by atoms with Gasteiger partial charge in [-0.05, 0) is 11.5 Å². The van der Waals surface area contributed by atoms with Crippen LogP contribution < -0.4 is 4.90 Å². The molecule has 0 saturated carbocycles. The molecule has 1 saturated heterocycles. The van der Waals surface area contributed by atoms with E-state index >= 15 is 0 Å². The van der Waals surface area contributed by atoms with Crippen molar-refractivity contribution >= 4 is 34.1 Å². The Labute approximate surface area is 144 Å². The summed E-state index contributed by atoms with van der Waals surface area (Å²) >= 11 is 6.06.